The summed E-state index contributed by atoms with van der Waals surface area (Å²) in [6, 6.07) is 2.89. The summed E-state index contributed by atoms with van der Waals surface area (Å²) in [6.07, 6.45) is 0. The zero-order valence-electron chi connectivity index (χ0n) is 7.35. The van der Waals surface area contributed by atoms with E-state index in [1.165, 1.54) is 6.07 Å². The molecular weight excluding hydrogens is 235 g/mol. The number of nitrogens with two attached hydrogens (primary N) is 2. The highest BCUT2D eigenvalue weighted by atomic mass is 79.9. The maximum atomic E-state index is 13.0. The Morgan fingerprint density at radius 2 is 2.15 bits per heavy atom. The highest BCUT2D eigenvalue weighted by molar-refractivity contribution is 9.10. The van der Waals surface area contributed by atoms with Gasteiger partial charge >= 0.3 is 0 Å². The molecule has 0 bridgehead atoms. The maximum Gasteiger partial charge on any atom is 0.127 e. The summed E-state index contributed by atoms with van der Waals surface area (Å²) in [5.74, 6) is -0.236. The van der Waals surface area contributed by atoms with Crippen LogP contribution in [0.1, 0.15) is 17.2 Å². The molecule has 0 radical (unpaired) electrons. The normalized spacial score (nSPS) is 13.0. The minimum absolute atomic E-state index is 0.236. The molecule has 1 rings (SSSR count). The van der Waals surface area contributed by atoms with Crippen molar-refractivity contribution in [3.63, 3.8) is 0 Å². The van der Waals surface area contributed by atoms with Gasteiger partial charge in [0, 0.05) is 17.1 Å². The molecule has 72 valence electrons. The second-order valence-corrected chi connectivity index (χ2v) is 3.82. The van der Waals surface area contributed by atoms with Crippen LogP contribution in [-0.2, 0) is 0 Å². The molecule has 0 aliphatic carbocycles. The summed E-state index contributed by atoms with van der Waals surface area (Å²) in [4.78, 5) is 0. The van der Waals surface area contributed by atoms with Crippen molar-refractivity contribution in [3.8, 4) is 0 Å². The van der Waals surface area contributed by atoms with Gasteiger partial charge in [-0.25, -0.2) is 4.39 Å². The smallest absolute Gasteiger partial charge is 0.127 e. The molecule has 4 N–H and O–H groups in total. The average molecular weight is 247 g/mol. The summed E-state index contributed by atoms with van der Waals surface area (Å²) in [7, 11) is 0. The summed E-state index contributed by atoms with van der Waals surface area (Å²) in [5.41, 5.74) is 12.6. The molecule has 0 amide bonds. The molecule has 0 fully saturated rings. The lowest BCUT2D eigenvalue weighted by Gasteiger charge is -2.12. The fraction of sp³-hybridized carbons (Fsp3) is 0.333. The van der Waals surface area contributed by atoms with Crippen molar-refractivity contribution in [1.29, 1.82) is 0 Å². The van der Waals surface area contributed by atoms with Gasteiger partial charge in [0.15, 0.2) is 0 Å². The molecule has 0 unspecified atom stereocenters. The standard InChI is InChI=1S/C9H12BrFN2/c1-5-2-6(9(13)4-12)7(10)3-8(5)11/h2-3,9H,4,12-13H2,1H3/t9-/m1/s1. The average Bonchev–Trinajstić information content (AvgIpc) is 2.10. The van der Waals surface area contributed by atoms with Gasteiger partial charge in [0.05, 0.1) is 0 Å². The van der Waals surface area contributed by atoms with Gasteiger partial charge in [-0.1, -0.05) is 22.0 Å². The van der Waals surface area contributed by atoms with Crippen LogP contribution in [0.5, 0.6) is 0 Å². The minimum Gasteiger partial charge on any atom is -0.329 e. The van der Waals surface area contributed by atoms with Crippen LogP contribution in [0, 0.1) is 12.7 Å². The Morgan fingerprint density at radius 3 is 2.69 bits per heavy atom. The molecular formula is C9H12BrFN2. The van der Waals surface area contributed by atoms with Crippen LogP contribution in [0.25, 0.3) is 0 Å². The first-order valence-electron chi connectivity index (χ1n) is 3.97. The van der Waals surface area contributed by atoms with E-state index in [4.69, 9.17) is 11.5 Å². The number of aryl methyl sites for hydroxylation is 1. The molecule has 1 aromatic rings. The molecule has 0 spiro atoms. The predicted molar refractivity (Wildman–Crippen MR) is 54.8 cm³/mol. The van der Waals surface area contributed by atoms with Crippen LogP contribution in [0.15, 0.2) is 16.6 Å². The lowest BCUT2D eigenvalue weighted by molar-refractivity contribution is 0.614. The van der Waals surface area contributed by atoms with Crippen molar-refractivity contribution in [3.05, 3.63) is 33.5 Å². The van der Waals surface area contributed by atoms with Crippen LogP contribution >= 0.6 is 15.9 Å². The molecule has 0 aliphatic rings. The van der Waals surface area contributed by atoms with Gasteiger partial charge < -0.3 is 11.5 Å². The fourth-order valence-electron chi connectivity index (χ4n) is 1.09. The summed E-state index contributed by atoms with van der Waals surface area (Å²) >= 11 is 3.25. The topological polar surface area (TPSA) is 52.0 Å². The number of rotatable bonds is 2. The first-order valence-corrected chi connectivity index (χ1v) is 4.76. The van der Waals surface area contributed by atoms with Crippen molar-refractivity contribution < 1.29 is 4.39 Å². The molecule has 1 aromatic carbocycles. The second-order valence-electron chi connectivity index (χ2n) is 2.97. The van der Waals surface area contributed by atoms with Crippen LogP contribution < -0.4 is 11.5 Å². The van der Waals surface area contributed by atoms with Gasteiger partial charge in [-0.3, -0.25) is 0 Å². The van der Waals surface area contributed by atoms with E-state index < -0.39 is 0 Å². The number of hydrogen-bond acceptors (Lipinski definition) is 2. The Hall–Kier alpha value is -0.450. The number of benzene rings is 1. The third-order valence-corrected chi connectivity index (χ3v) is 2.62. The number of halogens is 2. The molecule has 0 saturated carbocycles. The highest BCUT2D eigenvalue weighted by Gasteiger charge is 2.10. The van der Waals surface area contributed by atoms with E-state index in [2.05, 4.69) is 15.9 Å². The molecule has 0 aromatic heterocycles. The third-order valence-electron chi connectivity index (χ3n) is 1.93. The Balaban J connectivity index is 3.15. The zero-order valence-corrected chi connectivity index (χ0v) is 8.94. The van der Waals surface area contributed by atoms with E-state index in [9.17, 15) is 4.39 Å². The molecule has 2 nitrogen and oxygen atoms in total. The summed E-state index contributed by atoms with van der Waals surface area (Å²) in [5, 5.41) is 0. The number of hydrogen-bond donors (Lipinski definition) is 2. The van der Waals surface area contributed by atoms with Crippen molar-refractivity contribution in [2.45, 2.75) is 13.0 Å². The van der Waals surface area contributed by atoms with Crippen molar-refractivity contribution in [2.75, 3.05) is 6.54 Å². The van der Waals surface area contributed by atoms with Crippen molar-refractivity contribution in [1.82, 2.24) is 0 Å². The van der Waals surface area contributed by atoms with Gasteiger partial charge in [-0.05, 0) is 24.1 Å². The van der Waals surface area contributed by atoms with E-state index in [1.807, 2.05) is 0 Å². The lowest BCUT2D eigenvalue weighted by Crippen LogP contribution is -2.21. The van der Waals surface area contributed by atoms with Gasteiger partial charge in [0.1, 0.15) is 5.82 Å². The Labute approximate surface area is 85.2 Å². The Bertz CT molecular complexity index is 315. The van der Waals surface area contributed by atoms with Gasteiger partial charge in [0.25, 0.3) is 0 Å². The predicted octanol–water partition coefficient (Wildman–Crippen LogP) is 1.86. The van der Waals surface area contributed by atoms with Gasteiger partial charge in [-0.2, -0.15) is 0 Å². The van der Waals surface area contributed by atoms with Crippen molar-refractivity contribution >= 4 is 15.9 Å². The van der Waals surface area contributed by atoms with E-state index in [0.29, 0.717) is 16.6 Å². The van der Waals surface area contributed by atoms with Crippen LogP contribution in [0.2, 0.25) is 0 Å². The molecule has 0 heterocycles. The molecule has 1 atom stereocenters. The van der Waals surface area contributed by atoms with Gasteiger partial charge in [-0.15, -0.1) is 0 Å². The first-order chi connectivity index (χ1) is 6.06. The Kier molecular flexibility index (Phi) is 3.41. The molecule has 0 aliphatic heterocycles. The monoisotopic (exact) mass is 246 g/mol. The minimum atomic E-state index is -0.242. The van der Waals surface area contributed by atoms with Gasteiger partial charge in [0.2, 0.25) is 0 Å². The zero-order chi connectivity index (χ0) is 10.0. The maximum absolute atomic E-state index is 13.0. The quantitative estimate of drug-likeness (QED) is 0.837. The second kappa shape index (κ2) is 4.17. The third kappa shape index (κ3) is 2.27. The molecule has 13 heavy (non-hydrogen) atoms. The van der Waals surface area contributed by atoms with E-state index in [-0.39, 0.29) is 11.9 Å². The molecule has 4 heteroatoms. The summed E-state index contributed by atoms with van der Waals surface area (Å²) in [6.45, 7) is 2.05. The molecule has 0 saturated heterocycles. The van der Waals surface area contributed by atoms with Crippen molar-refractivity contribution in [2.24, 2.45) is 11.5 Å². The summed E-state index contributed by atoms with van der Waals surface area (Å²) < 4.78 is 13.7. The first kappa shape index (κ1) is 10.6. The van der Waals surface area contributed by atoms with E-state index in [0.717, 1.165) is 5.56 Å². The fourth-order valence-corrected chi connectivity index (χ4v) is 1.70. The van der Waals surface area contributed by atoms with E-state index in [1.54, 1.807) is 13.0 Å². The SMILES string of the molecule is Cc1cc([C@H](N)CN)c(Br)cc1F. The van der Waals surface area contributed by atoms with Crippen LogP contribution in [-0.4, -0.2) is 6.54 Å². The highest BCUT2D eigenvalue weighted by Crippen LogP contribution is 2.24. The van der Waals surface area contributed by atoms with Crippen LogP contribution in [0.3, 0.4) is 0 Å². The largest absolute Gasteiger partial charge is 0.329 e. The van der Waals surface area contributed by atoms with E-state index >= 15 is 0 Å². The lowest BCUT2D eigenvalue weighted by atomic mass is 10.1. The van der Waals surface area contributed by atoms with Crippen LogP contribution in [0.4, 0.5) is 4.39 Å². The Morgan fingerprint density at radius 1 is 1.54 bits per heavy atom.